The Balaban J connectivity index is 2.81. The van der Waals surface area contributed by atoms with Gasteiger partial charge < -0.3 is 5.11 Å². The molecule has 0 radical (unpaired) electrons. The van der Waals surface area contributed by atoms with E-state index in [9.17, 15) is 0 Å². The third-order valence-corrected chi connectivity index (χ3v) is 1.84. The molecule has 0 atom stereocenters. The molecule has 1 N–H and O–H groups in total. The third-order valence-electron chi connectivity index (χ3n) is 1.84. The number of aliphatic hydroxyl groups excluding tert-OH is 1. The van der Waals surface area contributed by atoms with E-state index < -0.39 is 0 Å². The molecule has 0 aliphatic heterocycles. The second-order valence-corrected chi connectivity index (χ2v) is 2.95. The fourth-order valence-electron chi connectivity index (χ4n) is 1.14. The zero-order chi connectivity index (χ0) is 8.97. The molecule has 64 valence electrons. The van der Waals surface area contributed by atoms with Crippen molar-refractivity contribution in [3.8, 4) is 0 Å². The zero-order valence-electron chi connectivity index (χ0n) is 7.38. The summed E-state index contributed by atoms with van der Waals surface area (Å²) in [7, 11) is 0. The summed E-state index contributed by atoms with van der Waals surface area (Å²) in [6.07, 6.45) is 0.656. The SMILES string of the molecule is C=C(CCO)c1cccc(C)c1. The molecule has 1 nitrogen and oxygen atoms in total. The predicted octanol–water partition coefficient (Wildman–Crippen LogP) is 2.39. The van der Waals surface area contributed by atoms with Gasteiger partial charge in [0, 0.05) is 6.61 Å². The molecule has 0 aliphatic carbocycles. The number of benzene rings is 1. The van der Waals surface area contributed by atoms with E-state index in [0.29, 0.717) is 6.42 Å². The number of hydrogen-bond donors (Lipinski definition) is 1. The van der Waals surface area contributed by atoms with Crippen molar-refractivity contribution >= 4 is 5.57 Å². The van der Waals surface area contributed by atoms with Crippen molar-refractivity contribution in [1.82, 2.24) is 0 Å². The summed E-state index contributed by atoms with van der Waals surface area (Å²) in [6, 6.07) is 8.16. The van der Waals surface area contributed by atoms with Crippen molar-refractivity contribution in [1.29, 1.82) is 0 Å². The Kier molecular flexibility index (Phi) is 3.06. The Bertz CT molecular complexity index is 276. The van der Waals surface area contributed by atoms with Gasteiger partial charge in [0.2, 0.25) is 0 Å². The molecular formula is C11H14O. The normalized spacial score (nSPS) is 9.83. The molecule has 0 spiro atoms. The summed E-state index contributed by atoms with van der Waals surface area (Å²) in [5, 5.41) is 8.71. The van der Waals surface area contributed by atoms with Gasteiger partial charge in [-0.1, -0.05) is 36.4 Å². The second kappa shape index (κ2) is 4.07. The Labute approximate surface area is 73.4 Å². The van der Waals surface area contributed by atoms with Crippen molar-refractivity contribution < 1.29 is 5.11 Å². The summed E-state index contributed by atoms with van der Waals surface area (Å²) in [5.41, 5.74) is 3.36. The van der Waals surface area contributed by atoms with Crippen LogP contribution in [0.2, 0.25) is 0 Å². The first-order valence-electron chi connectivity index (χ1n) is 4.09. The van der Waals surface area contributed by atoms with Crippen LogP contribution in [0, 0.1) is 6.92 Å². The molecule has 1 aromatic carbocycles. The largest absolute Gasteiger partial charge is 0.396 e. The van der Waals surface area contributed by atoms with Gasteiger partial charge in [-0.05, 0) is 24.5 Å². The van der Waals surface area contributed by atoms with Crippen LogP contribution < -0.4 is 0 Å². The molecular weight excluding hydrogens is 148 g/mol. The molecule has 0 aromatic heterocycles. The molecule has 0 heterocycles. The van der Waals surface area contributed by atoms with E-state index in [1.807, 2.05) is 12.1 Å². The summed E-state index contributed by atoms with van der Waals surface area (Å²) in [5.74, 6) is 0. The number of hydrogen-bond acceptors (Lipinski definition) is 1. The first-order valence-corrected chi connectivity index (χ1v) is 4.09. The third kappa shape index (κ3) is 2.21. The van der Waals surface area contributed by atoms with Crippen LogP contribution in [0.3, 0.4) is 0 Å². The van der Waals surface area contributed by atoms with Gasteiger partial charge in [-0.2, -0.15) is 0 Å². The van der Waals surface area contributed by atoms with Crippen molar-refractivity contribution in [2.45, 2.75) is 13.3 Å². The Morgan fingerprint density at radius 2 is 2.25 bits per heavy atom. The Morgan fingerprint density at radius 1 is 1.50 bits per heavy atom. The zero-order valence-corrected chi connectivity index (χ0v) is 7.38. The van der Waals surface area contributed by atoms with E-state index in [1.165, 1.54) is 5.56 Å². The van der Waals surface area contributed by atoms with Crippen LogP contribution in [0.4, 0.5) is 0 Å². The average Bonchev–Trinajstić information content (AvgIpc) is 2.05. The lowest BCUT2D eigenvalue weighted by Gasteiger charge is -2.03. The Hall–Kier alpha value is -1.08. The highest BCUT2D eigenvalue weighted by molar-refractivity contribution is 5.63. The van der Waals surface area contributed by atoms with E-state index in [4.69, 9.17) is 5.11 Å². The van der Waals surface area contributed by atoms with Crippen molar-refractivity contribution in [3.63, 3.8) is 0 Å². The molecule has 0 saturated heterocycles. The maximum Gasteiger partial charge on any atom is 0.0471 e. The van der Waals surface area contributed by atoms with E-state index in [1.54, 1.807) is 0 Å². The number of rotatable bonds is 3. The molecule has 1 aromatic rings. The van der Waals surface area contributed by atoms with Gasteiger partial charge in [-0.25, -0.2) is 0 Å². The molecule has 0 bridgehead atoms. The molecule has 1 heteroatoms. The first kappa shape index (κ1) is 9.01. The molecule has 0 aliphatic rings. The second-order valence-electron chi connectivity index (χ2n) is 2.95. The van der Waals surface area contributed by atoms with Crippen molar-refractivity contribution in [2.75, 3.05) is 6.61 Å². The van der Waals surface area contributed by atoms with Gasteiger partial charge in [-0.15, -0.1) is 0 Å². The minimum Gasteiger partial charge on any atom is -0.396 e. The molecule has 1 rings (SSSR count). The maximum absolute atomic E-state index is 8.71. The van der Waals surface area contributed by atoms with E-state index >= 15 is 0 Å². The van der Waals surface area contributed by atoms with Crippen molar-refractivity contribution in [2.24, 2.45) is 0 Å². The first-order chi connectivity index (χ1) is 5.74. The highest BCUT2D eigenvalue weighted by Gasteiger charge is 1.96. The van der Waals surface area contributed by atoms with Gasteiger partial charge in [-0.3, -0.25) is 0 Å². The van der Waals surface area contributed by atoms with Crippen LogP contribution in [-0.2, 0) is 0 Å². The topological polar surface area (TPSA) is 20.2 Å². The van der Waals surface area contributed by atoms with Gasteiger partial charge in [0.05, 0.1) is 0 Å². The highest BCUT2D eigenvalue weighted by Crippen LogP contribution is 2.16. The fraction of sp³-hybridized carbons (Fsp3) is 0.273. The lowest BCUT2D eigenvalue weighted by atomic mass is 10.0. The smallest absolute Gasteiger partial charge is 0.0471 e. The monoisotopic (exact) mass is 162 g/mol. The molecule has 0 fully saturated rings. The van der Waals surface area contributed by atoms with Crippen LogP contribution in [0.25, 0.3) is 5.57 Å². The van der Waals surface area contributed by atoms with Crippen LogP contribution >= 0.6 is 0 Å². The summed E-state index contributed by atoms with van der Waals surface area (Å²) in [6.45, 7) is 6.12. The number of aliphatic hydroxyl groups is 1. The average molecular weight is 162 g/mol. The standard InChI is InChI=1S/C11H14O/c1-9-4-3-5-11(8-9)10(2)6-7-12/h3-5,8,12H,2,6-7H2,1H3. The van der Waals surface area contributed by atoms with Crippen molar-refractivity contribution in [3.05, 3.63) is 42.0 Å². The van der Waals surface area contributed by atoms with Crippen LogP contribution in [0.15, 0.2) is 30.8 Å². The van der Waals surface area contributed by atoms with E-state index in [-0.39, 0.29) is 6.61 Å². The van der Waals surface area contributed by atoms with E-state index in [0.717, 1.165) is 11.1 Å². The minimum absolute atomic E-state index is 0.173. The van der Waals surface area contributed by atoms with Crippen LogP contribution in [-0.4, -0.2) is 11.7 Å². The van der Waals surface area contributed by atoms with Crippen LogP contribution in [0.5, 0.6) is 0 Å². The van der Waals surface area contributed by atoms with Gasteiger partial charge in [0.25, 0.3) is 0 Å². The summed E-state index contributed by atoms with van der Waals surface area (Å²) in [4.78, 5) is 0. The quantitative estimate of drug-likeness (QED) is 0.723. The summed E-state index contributed by atoms with van der Waals surface area (Å²) < 4.78 is 0. The molecule has 0 amide bonds. The maximum atomic E-state index is 8.71. The predicted molar refractivity (Wildman–Crippen MR) is 51.9 cm³/mol. The molecule has 12 heavy (non-hydrogen) atoms. The van der Waals surface area contributed by atoms with Gasteiger partial charge in [0.1, 0.15) is 0 Å². The molecule has 0 unspecified atom stereocenters. The highest BCUT2D eigenvalue weighted by atomic mass is 16.2. The summed E-state index contributed by atoms with van der Waals surface area (Å²) >= 11 is 0. The number of aryl methyl sites for hydroxylation is 1. The minimum atomic E-state index is 0.173. The van der Waals surface area contributed by atoms with Crippen LogP contribution in [0.1, 0.15) is 17.5 Å². The Morgan fingerprint density at radius 3 is 2.83 bits per heavy atom. The van der Waals surface area contributed by atoms with Gasteiger partial charge >= 0.3 is 0 Å². The van der Waals surface area contributed by atoms with Gasteiger partial charge in [0.15, 0.2) is 0 Å². The van der Waals surface area contributed by atoms with E-state index in [2.05, 4.69) is 25.6 Å². The lowest BCUT2D eigenvalue weighted by molar-refractivity contribution is 0.305. The molecule has 0 saturated carbocycles. The fourth-order valence-corrected chi connectivity index (χ4v) is 1.14. The lowest BCUT2D eigenvalue weighted by Crippen LogP contribution is -1.87.